The number of allylic oxidation sites excluding steroid dienone is 2. The van der Waals surface area contributed by atoms with Crippen molar-refractivity contribution >= 4 is 67.8 Å². The standard InChI is InChI=1S/C56H40N2/c1-3-12-39(13-4-1)40-26-32-48(33-27-40)57(53-23-11-15-43-14-7-8-21-51(43)53)49-34-28-41(29-35-49)42-30-36-50(37-31-42)58(47-19-5-2-6-20-47)54-38-46-18-9-16-44-24-25-45-17-10-22-52(54)56(45)55(44)46/h1-15,18-38H,16-17H2. The van der Waals surface area contributed by atoms with E-state index in [4.69, 9.17) is 0 Å². The number of anilines is 6. The van der Waals surface area contributed by atoms with Gasteiger partial charge in [0.1, 0.15) is 0 Å². The molecule has 0 amide bonds. The third kappa shape index (κ3) is 5.90. The second-order valence-corrected chi connectivity index (χ2v) is 15.3. The van der Waals surface area contributed by atoms with Gasteiger partial charge >= 0.3 is 0 Å². The topological polar surface area (TPSA) is 6.48 Å². The molecule has 2 heteroatoms. The van der Waals surface area contributed by atoms with Crippen LogP contribution in [0.4, 0.5) is 34.1 Å². The Morgan fingerprint density at radius 1 is 0.345 bits per heavy atom. The van der Waals surface area contributed by atoms with Crippen LogP contribution in [0.25, 0.3) is 56.0 Å². The first-order valence-electron chi connectivity index (χ1n) is 20.2. The highest BCUT2D eigenvalue weighted by molar-refractivity contribution is 6.08. The molecule has 9 aromatic rings. The van der Waals surface area contributed by atoms with Gasteiger partial charge < -0.3 is 9.80 Å². The second kappa shape index (κ2) is 14.3. The second-order valence-electron chi connectivity index (χ2n) is 15.3. The van der Waals surface area contributed by atoms with Crippen molar-refractivity contribution in [2.75, 3.05) is 9.80 Å². The van der Waals surface area contributed by atoms with Crippen LogP contribution in [0.1, 0.15) is 22.3 Å². The van der Waals surface area contributed by atoms with Gasteiger partial charge in [-0.1, -0.05) is 158 Å². The molecular weight excluding hydrogens is 701 g/mol. The molecule has 274 valence electrons. The first-order valence-corrected chi connectivity index (χ1v) is 20.2. The molecule has 0 fully saturated rings. The summed E-state index contributed by atoms with van der Waals surface area (Å²) in [5, 5.41) is 5.25. The Balaban J connectivity index is 0.970. The van der Waals surface area contributed by atoms with Crippen molar-refractivity contribution in [3.8, 4) is 22.3 Å². The molecule has 0 N–H and O–H groups in total. The molecule has 9 aromatic carbocycles. The van der Waals surface area contributed by atoms with E-state index in [9.17, 15) is 0 Å². The van der Waals surface area contributed by atoms with Gasteiger partial charge in [-0.3, -0.25) is 0 Å². The van der Waals surface area contributed by atoms with E-state index in [0.29, 0.717) is 0 Å². The third-order valence-electron chi connectivity index (χ3n) is 11.8. The smallest absolute Gasteiger partial charge is 0.0546 e. The van der Waals surface area contributed by atoms with Gasteiger partial charge in [0.25, 0.3) is 0 Å². The number of para-hydroxylation sites is 1. The van der Waals surface area contributed by atoms with Crippen LogP contribution < -0.4 is 9.80 Å². The van der Waals surface area contributed by atoms with Crippen molar-refractivity contribution in [2.24, 2.45) is 0 Å². The lowest BCUT2D eigenvalue weighted by molar-refractivity contribution is 1.22. The van der Waals surface area contributed by atoms with E-state index in [-0.39, 0.29) is 0 Å². The molecule has 2 aliphatic rings. The molecular formula is C56H40N2. The van der Waals surface area contributed by atoms with Crippen LogP contribution in [0.2, 0.25) is 0 Å². The van der Waals surface area contributed by atoms with Crippen LogP contribution in [0.3, 0.4) is 0 Å². The van der Waals surface area contributed by atoms with E-state index in [1.807, 2.05) is 0 Å². The molecule has 11 rings (SSSR count). The molecule has 58 heavy (non-hydrogen) atoms. The fourth-order valence-electron chi connectivity index (χ4n) is 9.07. The molecule has 0 saturated heterocycles. The van der Waals surface area contributed by atoms with Crippen molar-refractivity contribution in [2.45, 2.75) is 12.8 Å². The summed E-state index contributed by atoms with van der Waals surface area (Å²) in [6.07, 6.45) is 11.2. The van der Waals surface area contributed by atoms with Crippen LogP contribution >= 0.6 is 0 Å². The zero-order valence-electron chi connectivity index (χ0n) is 32.1. The summed E-state index contributed by atoms with van der Waals surface area (Å²) in [5.41, 5.74) is 17.1. The van der Waals surface area contributed by atoms with E-state index in [1.165, 1.54) is 71.7 Å². The summed E-state index contributed by atoms with van der Waals surface area (Å²) in [6.45, 7) is 0. The Hall–Kier alpha value is -7.42. The molecule has 0 radical (unpaired) electrons. The molecule has 0 saturated carbocycles. The summed E-state index contributed by atoms with van der Waals surface area (Å²) in [6, 6.07) is 70.7. The van der Waals surface area contributed by atoms with Crippen LogP contribution in [0.15, 0.2) is 206 Å². The lowest BCUT2D eigenvalue weighted by atomic mass is 9.84. The Morgan fingerprint density at radius 3 is 1.47 bits per heavy atom. The highest BCUT2D eigenvalue weighted by Crippen LogP contribution is 2.46. The third-order valence-corrected chi connectivity index (χ3v) is 11.8. The maximum Gasteiger partial charge on any atom is 0.0546 e. The highest BCUT2D eigenvalue weighted by Gasteiger charge is 2.24. The zero-order valence-corrected chi connectivity index (χ0v) is 32.1. The van der Waals surface area contributed by atoms with Crippen molar-refractivity contribution in [1.82, 2.24) is 0 Å². The normalized spacial score (nSPS) is 12.6. The minimum atomic E-state index is 0.968. The summed E-state index contributed by atoms with van der Waals surface area (Å²) in [5.74, 6) is 0. The monoisotopic (exact) mass is 740 g/mol. The van der Waals surface area contributed by atoms with E-state index < -0.39 is 0 Å². The van der Waals surface area contributed by atoms with E-state index >= 15 is 0 Å². The number of nitrogens with zero attached hydrogens (tertiary/aromatic N) is 2. The van der Waals surface area contributed by atoms with E-state index in [0.717, 1.165) is 41.3 Å². The van der Waals surface area contributed by atoms with Crippen molar-refractivity contribution < 1.29 is 0 Å². The molecule has 0 aliphatic heterocycles. The summed E-state index contributed by atoms with van der Waals surface area (Å²) in [4.78, 5) is 4.81. The number of hydrogen-bond acceptors (Lipinski definition) is 2. The summed E-state index contributed by atoms with van der Waals surface area (Å²) >= 11 is 0. The first-order chi connectivity index (χ1) is 28.8. The molecule has 2 nitrogen and oxygen atoms in total. The average Bonchev–Trinajstić information content (AvgIpc) is 3.30. The largest absolute Gasteiger partial charge is 0.310 e. The molecule has 0 unspecified atom stereocenters. The minimum Gasteiger partial charge on any atom is -0.310 e. The fourth-order valence-corrected chi connectivity index (χ4v) is 9.07. The number of rotatable bonds is 8. The number of fused-ring (bicyclic) bond motifs is 1. The van der Waals surface area contributed by atoms with Gasteiger partial charge in [0.2, 0.25) is 0 Å². The van der Waals surface area contributed by atoms with E-state index in [1.54, 1.807) is 0 Å². The molecule has 0 aromatic heterocycles. The Bertz CT molecular complexity index is 3010. The Kier molecular flexibility index (Phi) is 8.33. The van der Waals surface area contributed by atoms with Crippen LogP contribution in [-0.2, 0) is 12.8 Å². The SMILES string of the molecule is C1=Cc2cc(N(c3ccccc3)c3ccc(-c4ccc(N(c5ccc(-c6ccccc6)cc5)c5cccc6ccccc56)cc4)cc3)c3c4c(ccc(c24)C1)CC=C3. The first kappa shape index (κ1) is 33.9. The predicted octanol–water partition coefficient (Wildman–Crippen LogP) is 15.4. The van der Waals surface area contributed by atoms with Crippen LogP contribution in [0.5, 0.6) is 0 Å². The predicted molar refractivity (Wildman–Crippen MR) is 247 cm³/mol. The Morgan fingerprint density at radius 2 is 0.828 bits per heavy atom. The summed E-state index contributed by atoms with van der Waals surface area (Å²) < 4.78 is 0. The van der Waals surface area contributed by atoms with Crippen LogP contribution in [0, 0.1) is 0 Å². The van der Waals surface area contributed by atoms with Gasteiger partial charge in [0.05, 0.1) is 11.4 Å². The van der Waals surface area contributed by atoms with Gasteiger partial charge in [-0.2, -0.15) is 0 Å². The van der Waals surface area contributed by atoms with Gasteiger partial charge in [0, 0.05) is 33.7 Å². The van der Waals surface area contributed by atoms with Gasteiger partial charge in [-0.15, -0.1) is 0 Å². The van der Waals surface area contributed by atoms with Gasteiger partial charge in [0.15, 0.2) is 0 Å². The maximum atomic E-state index is 2.43. The molecule has 0 heterocycles. The lowest BCUT2D eigenvalue weighted by Gasteiger charge is -2.31. The van der Waals surface area contributed by atoms with Gasteiger partial charge in [-0.05, 0) is 129 Å². The number of benzene rings is 9. The lowest BCUT2D eigenvalue weighted by Crippen LogP contribution is -2.13. The molecule has 2 aliphatic carbocycles. The Labute approximate surface area is 339 Å². The zero-order chi connectivity index (χ0) is 38.4. The maximum absolute atomic E-state index is 2.43. The quantitative estimate of drug-likeness (QED) is 0.153. The average molecular weight is 741 g/mol. The molecule has 0 atom stereocenters. The van der Waals surface area contributed by atoms with Crippen molar-refractivity contribution in [1.29, 1.82) is 0 Å². The van der Waals surface area contributed by atoms with Crippen molar-refractivity contribution in [3.05, 3.63) is 229 Å². The van der Waals surface area contributed by atoms with Crippen LogP contribution in [-0.4, -0.2) is 0 Å². The van der Waals surface area contributed by atoms with E-state index in [2.05, 4.69) is 228 Å². The minimum absolute atomic E-state index is 0.968. The fraction of sp³-hybridized carbons (Fsp3) is 0.0357. The molecule has 0 spiro atoms. The van der Waals surface area contributed by atoms with Crippen molar-refractivity contribution in [3.63, 3.8) is 0 Å². The highest BCUT2D eigenvalue weighted by atomic mass is 15.1. The molecule has 0 bridgehead atoms. The number of hydrogen-bond donors (Lipinski definition) is 0. The summed E-state index contributed by atoms with van der Waals surface area (Å²) in [7, 11) is 0. The van der Waals surface area contributed by atoms with Gasteiger partial charge in [-0.25, -0.2) is 0 Å².